The Bertz CT molecular complexity index is 906. The van der Waals surface area contributed by atoms with Crippen molar-refractivity contribution in [2.24, 2.45) is 0 Å². The lowest BCUT2D eigenvalue weighted by Gasteiger charge is -2.25. The van der Waals surface area contributed by atoms with Crippen LogP contribution in [0.4, 0.5) is 5.69 Å². The highest BCUT2D eigenvalue weighted by Crippen LogP contribution is 2.22. The van der Waals surface area contributed by atoms with Crippen molar-refractivity contribution < 1.29 is 4.79 Å². The number of rotatable bonds is 7. The minimum Gasteiger partial charge on any atom is -0.362 e. The Morgan fingerprint density at radius 2 is 1.44 bits per heavy atom. The number of hydrogen-bond acceptors (Lipinski definition) is 2. The molecule has 0 saturated carbocycles. The summed E-state index contributed by atoms with van der Waals surface area (Å²) < 4.78 is 0. The zero-order chi connectivity index (χ0) is 19.1. The molecule has 0 aliphatic carbocycles. The van der Waals surface area contributed by atoms with Gasteiger partial charge >= 0.3 is 0 Å². The van der Waals surface area contributed by atoms with E-state index in [2.05, 4.69) is 17.0 Å². The molecule has 136 valence electrons. The first-order valence-electron chi connectivity index (χ1n) is 8.62. The molecule has 4 heteroatoms. The molecule has 3 aromatic rings. The van der Waals surface area contributed by atoms with Crippen LogP contribution in [0, 0.1) is 0 Å². The average molecular weight is 396 g/mol. The molecule has 0 bridgehead atoms. The fourth-order valence-electron chi connectivity index (χ4n) is 2.75. The van der Waals surface area contributed by atoms with E-state index in [4.69, 9.17) is 23.2 Å². The number of carbonyl (C=O) groups is 1. The molecule has 0 aliphatic heterocycles. The number of ketones is 1. The molecule has 0 aromatic heterocycles. The lowest BCUT2D eigenvalue weighted by Crippen LogP contribution is -2.24. The highest BCUT2D eigenvalue weighted by Gasteiger charge is 2.11. The maximum Gasteiger partial charge on any atom is 0.187 e. The number of benzene rings is 3. The Kier molecular flexibility index (Phi) is 6.69. The number of anilines is 1. The normalized spacial score (nSPS) is 11.3. The Hall–Kier alpha value is -2.55. The molecular weight excluding hydrogens is 377 g/mol. The summed E-state index contributed by atoms with van der Waals surface area (Å²) in [6.45, 7) is 1.10. The van der Waals surface area contributed by atoms with Crippen LogP contribution in [0.2, 0.25) is 5.02 Å². The van der Waals surface area contributed by atoms with E-state index in [0.29, 0.717) is 28.7 Å². The third kappa shape index (κ3) is 5.72. The second-order valence-corrected chi connectivity index (χ2v) is 7.06. The molecule has 0 heterocycles. The standard InChI is InChI=1S/C23H19Cl2NO/c24-20-11-13-22(14-12-20)26(16-18-7-3-1-4-8-18)17-21(25)15-23(27)19-9-5-2-6-10-19/h1-15H,16-17H2/b21-15-. The van der Waals surface area contributed by atoms with Crippen molar-refractivity contribution in [3.63, 3.8) is 0 Å². The van der Waals surface area contributed by atoms with Crippen molar-refractivity contribution in [1.29, 1.82) is 0 Å². The molecule has 0 fully saturated rings. The van der Waals surface area contributed by atoms with Gasteiger partial charge in [0.05, 0.1) is 6.54 Å². The van der Waals surface area contributed by atoms with Gasteiger partial charge in [0.1, 0.15) is 0 Å². The van der Waals surface area contributed by atoms with E-state index in [-0.39, 0.29) is 5.78 Å². The van der Waals surface area contributed by atoms with Gasteiger partial charge in [-0.2, -0.15) is 0 Å². The van der Waals surface area contributed by atoms with E-state index in [9.17, 15) is 4.79 Å². The molecule has 0 radical (unpaired) electrons. The molecule has 3 rings (SSSR count). The van der Waals surface area contributed by atoms with Crippen LogP contribution in [0.15, 0.2) is 96.0 Å². The summed E-state index contributed by atoms with van der Waals surface area (Å²) in [5.74, 6) is -0.101. The molecule has 0 amide bonds. The molecule has 27 heavy (non-hydrogen) atoms. The smallest absolute Gasteiger partial charge is 0.187 e. The predicted octanol–water partition coefficient (Wildman–Crippen LogP) is 6.35. The summed E-state index contributed by atoms with van der Waals surface area (Å²) in [7, 11) is 0. The lowest BCUT2D eigenvalue weighted by atomic mass is 10.1. The van der Waals surface area contributed by atoms with Gasteiger partial charge in [0.25, 0.3) is 0 Å². The van der Waals surface area contributed by atoms with Crippen LogP contribution >= 0.6 is 23.2 Å². The second kappa shape index (κ2) is 9.40. The third-order valence-electron chi connectivity index (χ3n) is 4.10. The third-order valence-corrected chi connectivity index (χ3v) is 4.58. The van der Waals surface area contributed by atoms with E-state index in [1.807, 2.05) is 60.7 Å². The maximum absolute atomic E-state index is 12.4. The number of nitrogens with zero attached hydrogens (tertiary/aromatic N) is 1. The Morgan fingerprint density at radius 1 is 0.852 bits per heavy atom. The number of carbonyl (C=O) groups excluding carboxylic acids is 1. The van der Waals surface area contributed by atoms with Gasteiger partial charge in [-0.25, -0.2) is 0 Å². The zero-order valence-corrected chi connectivity index (χ0v) is 16.2. The highest BCUT2D eigenvalue weighted by atomic mass is 35.5. The van der Waals surface area contributed by atoms with Crippen molar-refractivity contribution in [2.45, 2.75) is 6.54 Å². The van der Waals surface area contributed by atoms with Crippen LogP contribution in [0.3, 0.4) is 0 Å². The first kappa shape index (κ1) is 19.2. The molecule has 0 N–H and O–H groups in total. The van der Waals surface area contributed by atoms with Gasteiger partial charge in [-0.1, -0.05) is 83.9 Å². The van der Waals surface area contributed by atoms with E-state index in [0.717, 1.165) is 11.3 Å². The van der Waals surface area contributed by atoms with E-state index < -0.39 is 0 Å². The fraction of sp³-hybridized carbons (Fsp3) is 0.0870. The zero-order valence-electron chi connectivity index (χ0n) is 14.7. The van der Waals surface area contributed by atoms with Gasteiger partial charge in [0.15, 0.2) is 5.78 Å². The van der Waals surface area contributed by atoms with Crippen LogP contribution in [-0.4, -0.2) is 12.3 Å². The first-order valence-corrected chi connectivity index (χ1v) is 9.37. The summed E-state index contributed by atoms with van der Waals surface area (Å²) in [6.07, 6.45) is 1.49. The Labute approximate surface area is 169 Å². The summed E-state index contributed by atoms with van der Waals surface area (Å²) >= 11 is 12.5. The van der Waals surface area contributed by atoms with Gasteiger partial charge in [0.2, 0.25) is 0 Å². The van der Waals surface area contributed by atoms with Crippen LogP contribution in [0.25, 0.3) is 0 Å². The van der Waals surface area contributed by atoms with Gasteiger partial charge in [-0.05, 0) is 29.8 Å². The molecule has 0 atom stereocenters. The maximum atomic E-state index is 12.4. The molecule has 0 unspecified atom stereocenters. The first-order chi connectivity index (χ1) is 13.1. The second-order valence-electron chi connectivity index (χ2n) is 6.14. The molecule has 3 aromatic carbocycles. The quantitative estimate of drug-likeness (QED) is 0.343. The molecular formula is C23H19Cl2NO. The topological polar surface area (TPSA) is 20.3 Å². The van der Waals surface area contributed by atoms with Crippen LogP contribution in [0.5, 0.6) is 0 Å². The number of halogens is 2. The summed E-state index contributed by atoms with van der Waals surface area (Å²) in [5.41, 5.74) is 2.77. The molecule has 0 aliphatic rings. The van der Waals surface area contributed by atoms with Gasteiger partial charge in [0, 0.05) is 33.9 Å². The predicted molar refractivity (Wildman–Crippen MR) is 114 cm³/mol. The minimum absolute atomic E-state index is 0.101. The van der Waals surface area contributed by atoms with Crippen molar-refractivity contribution in [3.05, 3.63) is 112 Å². The fourth-order valence-corrected chi connectivity index (χ4v) is 3.12. The van der Waals surface area contributed by atoms with E-state index in [1.165, 1.54) is 6.08 Å². The van der Waals surface area contributed by atoms with Crippen LogP contribution < -0.4 is 4.90 Å². The van der Waals surface area contributed by atoms with Gasteiger partial charge < -0.3 is 4.90 Å². The van der Waals surface area contributed by atoms with Crippen molar-refractivity contribution in [1.82, 2.24) is 0 Å². The van der Waals surface area contributed by atoms with Crippen LogP contribution in [0.1, 0.15) is 15.9 Å². The largest absolute Gasteiger partial charge is 0.362 e. The van der Waals surface area contributed by atoms with Crippen LogP contribution in [-0.2, 0) is 6.54 Å². The summed E-state index contributed by atoms with van der Waals surface area (Å²) in [4.78, 5) is 14.5. The molecule has 0 saturated heterocycles. The van der Waals surface area contributed by atoms with Crippen molar-refractivity contribution in [2.75, 3.05) is 11.4 Å². The van der Waals surface area contributed by atoms with Crippen molar-refractivity contribution >= 4 is 34.7 Å². The highest BCUT2D eigenvalue weighted by molar-refractivity contribution is 6.32. The molecule has 0 spiro atoms. The minimum atomic E-state index is -0.101. The number of hydrogen-bond donors (Lipinski definition) is 0. The summed E-state index contributed by atoms with van der Waals surface area (Å²) in [6, 6.07) is 26.9. The van der Waals surface area contributed by atoms with E-state index in [1.54, 1.807) is 12.1 Å². The lowest BCUT2D eigenvalue weighted by molar-refractivity contribution is 0.104. The Morgan fingerprint density at radius 3 is 2.07 bits per heavy atom. The average Bonchev–Trinajstić information content (AvgIpc) is 2.69. The molecule has 2 nitrogen and oxygen atoms in total. The summed E-state index contributed by atoms with van der Waals surface area (Å²) in [5, 5.41) is 1.16. The number of allylic oxidation sites excluding steroid dienone is 1. The van der Waals surface area contributed by atoms with E-state index >= 15 is 0 Å². The van der Waals surface area contributed by atoms with Gasteiger partial charge in [-0.3, -0.25) is 4.79 Å². The van der Waals surface area contributed by atoms with Gasteiger partial charge in [-0.15, -0.1) is 0 Å². The monoisotopic (exact) mass is 395 g/mol. The Balaban J connectivity index is 1.80. The van der Waals surface area contributed by atoms with Crippen molar-refractivity contribution in [3.8, 4) is 0 Å². The SMILES string of the molecule is O=C(/C=C(\Cl)CN(Cc1ccccc1)c1ccc(Cl)cc1)c1ccccc1.